The van der Waals surface area contributed by atoms with Crippen molar-refractivity contribution in [2.24, 2.45) is 0 Å². The fourth-order valence-corrected chi connectivity index (χ4v) is 2.76. The number of amides is 1. The van der Waals surface area contributed by atoms with Crippen molar-refractivity contribution in [2.45, 2.75) is 12.1 Å². The van der Waals surface area contributed by atoms with Crippen molar-refractivity contribution in [3.8, 4) is 11.4 Å². The van der Waals surface area contributed by atoms with E-state index in [2.05, 4.69) is 20.8 Å². The number of phenols is 1. The molecular weight excluding hydrogens is 326 g/mol. The standard InChI is InChI=1S/C16H15N5O2S/c1-11-7-8-14(22)13(9-11)17-15(23)10-24-16-18-19-20-21(16)12-5-3-2-4-6-12/h2-9,22H,10H2,1H3,(H,17,23). The molecule has 0 aliphatic carbocycles. The van der Waals surface area contributed by atoms with Gasteiger partial charge in [0.2, 0.25) is 11.1 Å². The Morgan fingerprint density at radius 2 is 2.04 bits per heavy atom. The zero-order valence-electron chi connectivity index (χ0n) is 12.9. The Labute approximate surface area is 142 Å². The number of hydrogen-bond donors (Lipinski definition) is 2. The van der Waals surface area contributed by atoms with Gasteiger partial charge in [-0.1, -0.05) is 36.0 Å². The molecule has 0 saturated heterocycles. The van der Waals surface area contributed by atoms with Gasteiger partial charge in [0.15, 0.2) is 0 Å². The average Bonchev–Trinajstić information content (AvgIpc) is 3.06. The van der Waals surface area contributed by atoms with Crippen LogP contribution in [-0.2, 0) is 4.79 Å². The molecule has 1 amide bonds. The summed E-state index contributed by atoms with van der Waals surface area (Å²) in [6.45, 7) is 1.89. The number of aryl methyl sites for hydroxylation is 1. The lowest BCUT2D eigenvalue weighted by molar-refractivity contribution is -0.113. The molecule has 0 radical (unpaired) electrons. The predicted octanol–water partition coefficient (Wildman–Crippen LogP) is 2.41. The van der Waals surface area contributed by atoms with Crippen LogP contribution in [0.15, 0.2) is 53.7 Å². The molecule has 0 aliphatic rings. The van der Waals surface area contributed by atoms with Crippen LogP contribution in [0.3, 0.4) is 0 Å². The van der Waals surface area contributed by atoms with Gasteiger partial charge in [-0.05, 0) is 47.2 Å². The Morgan fingerprint density at radius 3 is 2.83 bits per heavy atom. The maximum absolute atomic E-state index is 12.1. The first-order valence-corrected chi connectivity index (χ1v) is 8.18. The minimum Gasteiger partial charge on any atom is -0.506 e. The van der Waals surface area contributed by atoms with E-state index in [0.29, 0.717) is 10.8 Å². The molecule has 3 rings (SSSR count). The number of thioether (sulfide) groups is 1. The highest BCUT2D eigenvalue weighted by Gasteiger charge is 2.12. The van der Waals surface area contributed by atoms with Crippen LogP contribution in [0.25, 0.3) is 5.69 Å². The van der Waals surface area contributed by atoms with E-state index in [-0.39, 0.29) is 17.4 Å². The van der Waals surface area contributed by atoms with Crippen LogP contribution < -0.4 is 5.32 Å². The fraction of sp³-hybridized carbons (Fsp3) is 0.125. The summed E-state index contributed by atoms with van der Waals surface area (Å²) >= 11 is 1.22. The van der Waals surface area contributed by atoms with Gasteiger partial charge in [0, 0.05) is 0 Å². The Morgan fingerprint density at radius 1 is 1.25 bits per heavy atom. The van der Waals surface area contributed by atoms with Gasteiger partial charge < -0.3 is 10.4 Å². The third-order valence-electron chi connectivity index (χ3n) is 3.20. The van der Waals surface area contributed by atoms with Gasteiger partial charge in [-0.15, -0.1) is 5.10 Å². The maximum atomic E-state index is 12.1. The first-order chi connectivity index (χ1) is 11.6. The highest BCUT2D eigenvalue weighted by molar-refractivity contribution is 7.99. The van der Waals surface area contributed by atoms with Crippen LogP contribution in [0.1, 0.15) is 5.56 Å². The van der Waals surface area contributed by atoms with Crippen LogP contribution in [-0.4, -0.2) is 37.0 Å². The van der Waals surface area contributed by atoms with E-state index >= 15 is 0 Å². The van der Waals surface area contributed by atoms with Crippen LogP contribution in [0.5, 0.6) is 5.75 Å². The third kappa shape index (κ3) is 3.72. The van der Waals surface area contributed by atoms with Crippen LogP contribution in [0.4, 0.5) is 5.69 Å². The topological polar surface area (TPSA) is 92.9 Å². The number of hydrogen-bond acceptors (Lipinski definition) is 6. The molecular formula is C16H15N5O2S. The SMILES string of the molecule is Cc1ccc(O)c(NC(=O)CSc2nnnn2-c2ccccc2)c1. The summed E-state index contributed by atoms with van der Waals surface area (Å²) in [5, 5.41) is 24.5. The van der Waals surface area contributed by atoms with Gasteiger partial charge in [0.25, 0.3) is 0 Å². The minimum atomic E-state index is -0.247. The lowest BCUT2D eigenvalue weighted by Gasteiger charge is -2.08. The molecule has 0 aliphatic heterocycles. The molecule has 0 spiro atoms. The number of carbonyl (C=O) groups excluding carboxylic acids is 1. The highest BCUT2D eigenvalue weighted by Crippen LogP contribution is 2.24. The van der Waals surface area contributed by atoms with Crippen molar-refractivity contribution in [1.82, 2.24) is 20.2 Å². The van der Waals surface area contributed by atoms with Gasteiger partial charge >= 0.3 is 0 Å². The highest BCUT2D eigenvalue weighted by atomic mass is 32.2. The normalized spacial score (nSPS) is 10.5. The second-order valence-corrected chi connectivity index (χ2v) is 6.01. The molecule has 1 heterocycles. The van der Waals surface area contributed by atoms with Crippen molar-refractivity contribution in [3.05, 3.63) is 54.1 Å². The van der Waals surface area contributed by atoms with Gasteiger partial charge in [0.1, 0.15) is 5.75 Å². The molecule has 24 heavy (non-hydrogen) atoms. The van der Waals surface area contributed by atoms with E-state index in [4.69, 9.17) is 0 Å². The number of anilines is 1. The molecule has 122 valence electrons. The molecule has 3 aromatic rings. The molecule has 7 nitrogen and oxygen atoms in total. The monoisotopic (exact) mass is 341 g/mol. The summed E-state index contributed by atoms with van der Waals surface area (Å²) in [5.41, 5.74) is 2.16. The van der Waals surface area contributed by atoms with Crippen LogP contribution >= 0.6 is 11.8 Å². The van der Waals surface area contributed by atoms with Gasteiger partial charge in [-0.2, -0.15) is 4.68 Å². The van der Waals surface area contributed by atoms with E-state index in [1.165, 1.54) is 11.8 Å². The van der Waals surface area contributed by atoms with Crippen LogP contribution in [0.2, 0.25) is 0 Å². The second kappa shape index (κ2) is 7.14. The number of aromatic nitrogens is 4. The lowest BCUT2D eigenvalue weighted by Crippen LogP contribution is -2.14. The van der Waals surface area contributed by atoms with E-state index in [1.807, 2.05) is 37.3 Å². The number of aromatic hydroxyl groups is 1. The summed E-state index contributed by atoms with van der Waals surface area (Å²) < 4.78 is 1.57. The van der Waals surface area contributed by atoms with Crippen molar-refractivity contribution < 1.29 is 9.90 Å². The van der Waals surface area contributed by atoms with Gasteiger partial charge in [0.05, 0.1) is 17.1 Å². The quantitative estimate of drug-likeness (QED) is 0.547. The van der Waals surface area contributed by atoms with Gasteiger partial charge in [-0.25, -0.2) is 0 Å². The van der Waals surface area contributed by atoms with E-state index in [9.17, 15) is 9.90 Å². The first kappa shape index (κ1) is 16.0. The van der Waals surface area contributed by atoms with Crippen molar-refractivity contribution >= 4 is 23.4 Å². The number of carbonyl (C=O) groups is 1. The molecule has 0 saturated carbocycles. The molecule has 0 atom stereocenters. The van der Waals surface area contributed by atoms with Crippen molar-refractivity contribution in [3.63, 3.8) is 0 Å². The van der Waals surface area contributed by atoms with E-state index in [1.54, 1.807) is 22.9 Å². The lowest BCUT2D eigenvalue weighted by atomic mass is 10.2. The summed E-state index contributed by atoms with van der Waals surface area (Å²) in [7, 11) is 0. The Bertz CT molecular complexity index is 851. The van der Waals surface area contributed by atoms with E-state index < -0.39 is 0 Å². The van der Waals surface area contributed by atoms with Crippen LogP contribution in [0, 0.1) is 6.92 Å². The summed E-state index contributed by atoms with van der Waals surface area (Å²) in [6, 6.07) is 14.5. The van der Waals surface area contributed by atoms with Crippen molar-refractivity contribution in [1.29, 1.82) is 0 Å². The number of rotatable bonds is 5. The summed E-state index contributed by atoms with van der Waals surface area (Å²) in [4.78, 5) is 12.1. The summed E-state index contributed by atoms with van der Waals surface area (Å²) in [6.07, 6.45) is 0. The predicted molar refractivity (Wildman–Crippen MR) is 91.4 cm³/mol. The molecule has 1 aromatic heterocycles. The number of tetrazole rings is 1. The van der Waals surface area contributed by atoms with Gasteiger partial charge in [-0.3, -0.25) is 4.79 Å². The zero-order valence-corrected chi connectivity index (χ0v) is 13.7. The number of benzene rings is 2. The zero-order chi connectivity index (χ0) is 16.9. The number of nitrogens with zero attached hydrogens (tertiary/aromatic N) is 4. The Hall–Kier alpha value is -2.87. The Balaban J connectivity index is 1.65. The number of nitrogens with one attached hydrogen (secondary N) is 1. The average molecular weight is 341 g/mol. The molecule has 2 N–H and O–H groups in total. The molecule has 2 aromatic carbocycles. The number of para-hydroxylation sites is 1. The van der Waals surface area contributed by atoms with E-state index in [0.717, 1.165) is 11.3 Å². The number of phenolic OH excluding ortho intramolecular Hbond substituents is 1. The molecule has 0 bridgehead atoms. The summed E-state index contributed by atoms with van der Waals surface area (Å²) in [5.74, 6) is -0.0859. The third-order valence-corrected chi connectivity index (χ3v) is 4.12. The maximum Gasteiger partial charge on any atom is 0.234 e. The molecule has 0 unspecified atom stereocenters. The smallest absolute Gasteiger partial charge is 0.234 e. The van der Waals surface area contributed by atoms with Crippen molar-refractivity contribution in [2.75, 3.05) is 11.1 Å². The second-order valence-electron chi connectivity index (χ2n) is 5.07. The largest absolute Gasteiger partial charge is 0.506 e. The first-order valence-electron chi connectivity index (χ1n) is 7.19. The Kier molecular flexibility index (Phi) is 4.76. The molecule has 0 fully saturated rings. The fourth-order valence-electron chi connectivity index (χ4n) is 2.07. The minimum absolute atomic E-state index is 0.0352. The molecule has 8 heteroatoms.